The van der Waals surface area contributed by atoms with E-state index in [0.29, 0.717) is 12.4 Å². The summed E-state index contributed by atoms with van der Waals surface area (Å²) in [5, 5.41) is 12.3. The molecule has 0 saturated heterocycles. The van der Waals surface area contributed by atoms with Crippen molar-refractivity contribution in [3.8, 4) is 0 Å². The van der Waals surface area contributed by atoms with Crippen LogP contribution in [0.2, 0.25) is 0 Å². The molecule has 0 spiro atoms. The van der Waals surface area contributed by atoms with E-state index in [1.807, 2.05) is 20.8 Å². The van der Waals surface area contributed by atoms with Gasteiger partial charge in [-0.3, -0.25) is 0 Å². The number of carboxylic acids is 1. The number of hydrogen-bond acceptors (Lipinski definition) is 5. The molecule has 0 aliphatic heterocycles. The summed E-state index contributed by atoms with van der Waals surface area (Å²) in [6.45, 7) is 6.54. The summed E-state index contributed by atoms with van der Waals surface area (Å²) >= 11 is 1.57. The lowest BCUT2D eigenvalue weighted by atomic mass is 10.1. The topological polar surface area (TPSA) is 75.1 Å². The highest BCUT2D eigenvalue weighted by atomic mass is 32.1. The summed E-state index contributed by atoms with van der Waals surface area (Å²) in [6, 6.07) is 3.18. The average Bonchev–Trinajstić information content (AvgIpc) is 2.81. The lowest BCUT2D eigenvalue weighted by Crippen LogP contribution is -2.07. The third kappa shape index (κ3) is 3.33. The second-order valence-corrected chi connectivity index (χ2v) is 5.78. The van der Waals surface area contributed by atoms with Crippen molar-refractivity contribution in [2.24, 2.45) is 0 Å². The monoisotopic (exact) mass is 291 g/mol. The Kier molecular flexibility index (Phi) is 4.34. The molecule has 2 heterocycles. The van der Waals surface area contributed by atoms with Crippen LogP contribution in [-0.4, -0.2) is 21.0 Å². The van der Waals surface area contributed by atoms with Crippen molar-refractivity contribution in [2.75, 3.05) is 5.32 Å². The Morgan fingerprint density at radius 1 is 1.45 bits per heavy atom. The number of nitrogens with one attached hydrogen (secondary N) is 1. The number of carbonyl (C=O) groups is 1. The van der Waals surface area contributed by atoms with Crippen LogP contribution in [0.5, 0.6) is 0 Å². The zero-order valence-corrected chi connectivity index (χ0v) is 12.5. The number of thiazole rings is 1. The van der Waals surface area contributed by atoms with E-state index in [-0.39, 0.29) is 11.5 Å². The lowest BCUT2D eigenvalue weighted by Gasteiger charge is -2.10. The molecule has 0 atom stereocenters. The third-order valence-corrected chi connectivity index (χ3v) is 3.89. The van der Waals surface area contributed by atoms with Crippen molar-refractivity contribution in [1.29, 1.82) is 0 Å². The van der Waals surface area contributed by atoms with Gasteiger partial charge in [-0.15, -0.1) is 11.3 Å². The predicted molar refractivity (Wildman–Crippen MR) is 79.5 cm³/mol. The van der Waals surface area contributed by atoms with Crippen molar-refractivity contribution < 1.29 is 9.90 Å². The molecular weight excluding hydrogens is 274 g/mol. The molecule has 2 aromatic heterocycles. The standard InChI is InChI=1S/C14H17N3O2S/c1-8(2)11-4-10(14(18)19)5-13(17-11)15-6-12-9(3)16-7-20-12/h4-5,7-8H,6H2,1-3H3,(H,15,17)(H,18,19). The molecule has 6 heteroatoms. The van der Waals surface area contributed by atoms with Crippen molar-refractivity contribution in [1.82, 2.24) is 9.97 Å². The Morgan fingerprint density at radius 3 is 2.75 bits per heavy atom. The summed E-state index contributed by atoms with van der Waals surface area (Å²) in [4.78, 5) is 20.9. The summed E-state index contributed by atoms with van der Waals surface area (Å²) in [5.41, 5.74) is 3.81. The molecule has 0 bridgehead atoms. The van der Waals surface area contributed by atoms with Gasteiger partial charge in [0.25, 0.3) is 0 Å². The molecule has 5 nitrogen and oxygen atoms in total. The summed E-state index contributed by atoms with van der Waals surface area (Å²) in [6.07, 6.45) is 0. The number of nitrogens with zero attached hydrogens (tertiary/aromatic N) is 2. The number of aromatic nitrogens is 2. The molecule has 2 aromatic rings. The van der Waals surface area contributed by atoms with Gasteiger partial charge in [-0.05, 0) is 25.0 Å². The number of aryl methyl sites for hydroxylation is 1. The Hall–Kier alpha value is -1.95. The van der Waals surface area contributed by atoms with Crippen molar-refractivity contribution in [3.63, 3.8) is 0 Å². The van der Waals surface area contributed by atoms with Gasteiger partial charge in [0, 0.05) is 10.6 Å². The SMILES string of the molecule is Cc1ncsc1CNc1cc(C(=O)O)cc(C(C)C)n1. The summed E-state index contributed by atoms with van der Waals surface area (Å²) < 4.78 is 0. The molecule has 20 heavy (non-hydrogen) atoms. The van der Waals surface area contributed by atoms with Gasteiger partial charge in [-0.25, -0.2) is 14.8 Å². The van der Waals surface area contributed by atoms with Crippen LogP contribution >= 0.6 is 11.3 Å². The summed E-state index contributed by atoms with van der Waals surface area (Å²) in [7, 11) is 0. The van der Waals surface area contributed by atoms with Crippen LogP contribution in [0, 0.1) is 6.92 Å². The minimum absolute atomic E-state index is 0.181. The minimum Gasteiger partial charge on any atom is -0.478 e. The second-order valence-electron chi connectivity index (χ2n) is 4.84. The van der Waals surface area contributed by atoms with E-state index < -0.39 is 5.97 Å². The fraction of sp³-hybridized carbons (Fsp3) is 0.357. The highest BCUT2D eigenvalue weighted by Crippen LogP contribution is 2.19. The van der Waals surface area contributed by atoms with Gasteiger partial charge < -0.3 is 10.4 Å². The molecule has 0 aliphatic rings. The first-order valence-corrected chi connectivity index (χ1v) is 7.23. The Bertz CT molecular complexity index is 623. The van der Waals surface area contributed by atoms with E-state index in [4.69, 9.17) is 5.11 Å². The van der Waals surface area contributed by atoms with E-state index in [0.717, 1.165) is 16.3 Å². The van der Waals surface area contributed by atoms with Gasteiger partial charge >= 0.3 is 5.97 Å². The van der Waals surface area contributed by atoms with Gasteiger partial charge in [0.1, 0.15) is 5.82 Å². The van der Waals surface area contributed by atoms with Crippen LogP contribution in [0.4, 0.5) is 5.82 Å². The summed E-state index contributed by atoms with van der Waals surface area (Å²) in [5.74, 6) is -0.173. The number of hydrogen-bond donors (Lipinski definition) is 2. The van der Waals surface area contributed by atoms with Crippen LogP contribution in [0.15, 0.2) is 17.6 Å². The van der Waals surface area contributed by atoms with E-state index in [9.17, 15) is 4.79 Å². The van der Waals surface area contributed by atoms with E-state index in [1.54, 1.807) is 29.0 Å². The molecule has 0 aromatic carbocycles. The zero-order chi connectivity index (χ0) is 14.7. The van der Waals surface area contributed by atoms with E-state index in [2.05, 4.69) is 15.3 Å². The lowest BCUT2D eigenvalue weighted by molar-refractivity contribution is 0.0696. The van der Waals surface area contributed by atoms with Gasteiger partial charge in [-0.1, -0.05) is 13.8 Å². The van der Waals surface area contributed by atoms with Crippen molar-refractivity contribution in [3.05, 3.63) is 39.5 Å². The van der Waals surface area contributed by atoms with Crippen molar-refractivity contribution >= 4 is 23.1 Å². The second kappa shape index (κ2) is 6.00. The molecule has 0 unspecified atom stereocenters. The number of pyridine rings is 1. The van der Waals surface area contributed by atoms with Crippen LogP contribution in [0.1, 0.15) is 46.4 Å². The molecule has 0 aliphatic carbocycles. The molecule has 0 radical (unpaired) electrons. The Balaban J connectivity index is 2.22. The van der Waals surface area contributed by atoms with Gasteiger partial charge in [0.2, 0.25) is 0 Å². The number of carboxylic acid groups (broad SMARTS) is 1. The minimum atomic E-state index is -0.939. The first-order chi connectivity index (χ1) is 9.47. The molecule has 0 amide bonds. The van der Waals surface area contributed by atoms with Gasteiger partial charge in [0.15, 0.2) is 0 Å². The highest BCUT2D eigenvalue weighted by Gasteiger charge is 2.11. The smallest absolute Gasteiger partial charge is 0.335 e. The molecule has 2 rings (SSSR count). The molecule has 0 saturated carbocycles. The van der Waals surface area contributed by atoms with Crippen LogP contribution < -0.4 is 5.32 Å². The van der Waals surface area contributed by atoms with E-state index in [1.165, 1.54) is 0 Å². The third-order valence-electron chi connectivity index (χ3n) is 2.96. The molecule has 0 fully saturated rings. The maximum Gasteiger partial charge on any atom is 0.335 e. The number of aromatic carboxylic acids is 1. The Labute approximate surface area is 121 Å². The fourth-order valence-corrected chi connectivity index (χ4v) is 2.45. The van der Waals surface area contributed by atoms with E-state index >= 15 is 0 Å². The molecule has 2 N–H and O–H groups in total. The number of anilines is 1. The fourth-order valence-electron chi connectivity index (χ4n) is 1.73. The molecular formula is C14H17N3O2S. The maximum absolute atomic E-state index is 11.2. The highest BCUT2D eigenvalue weighted by molar-refractivity contribution is 7.09. The first kappa shape index (κ1) is 14.5. The predicted octanol–water partition coefficient (Wildman–Crippen LogP) is 3.28. The van der Waals surface area contributed by atoms with Crippen LogP contribution in [-0.2, 0) is 6.54 Å². The first-order valence-electron chi connectivity index (χ1n) is 6.35. The van der Waals surface area contributed by atoms with Crippen molar-refractivity contribution in [2.45, 2.75) is 33.2 Å². The van der Waals surface area contributed by atoms with Gasteiger partial charge in [0.05, 0.1) is 23.3 Å². The Morgan fingerprint density at radius 2 is 2.20 bits per heavy atom. The van der Waals surface area contributed by atoms with Gasteiger partial charge in [-0.2, -0.15) is 0 Å². The normalized spacial score (nSPS) is 10.8. The quantitative estimate of drug-likeness (QED) is 0.884. The zero-order valence-electron chi connectivity index (χ0n) is 11.7. The molecule has 106 valence electrons. The maximum atomic E-state index is 11.2. The average molecular weight is 291 g/mol. The van der Waals surface area contributed by atoms with Crippen LogP contribution in [0.3, 0.4) is 0 Å². The van der Waals surface area contributed by atoms with Crippen LogP contribution in [0.25, 0.3) is 0 Å². The number of rotatable bonds is 5. The largest absolute Gasteiger partial charge is 0.478 e.